The Kier molecular flexibility index (Phi) is 4.60. The Morgan fingerprint density at radius 1 is 1.50 bits per heavy atom. The van der Waals surface area contributed by atoms with Crippen LogP contribution in [0.3, 0.4) is 0 Å². The molecule has 0 aliphatic rings. The van der Waals surface area contributed by atoms with Crippen molar-refractivity contribution in [1.29, 1.82) is 0 Å². The highest BCUT2D eigenvalue weighted by Crippen LogP contribution is 2.22. The van der Waals surface area contributed by atoms with Crippen molar-refractivity contribution in [2.75, 3.05) is 5.88 Å². The average molecular weight is 326 g/mol. The molecule has 1 aromatic carbocycles. The number of rotatable bonds is 4. The molecule has 0 aliphatic carbocycles. The lowest BCUT2D eigenvalue weighted by Gasteiger charge is -2.00. The number of aryl methyl sites for hydroxylation is 1. The van der Waals surface area contributed by atoms with Gasteiger partial charge in [0.1, 0.15) is 0 Å². The number of nitro groups is 1. The highest BCUT2D eigenvalue weighted by atomic mass is 127. The molecule has 1 rings (SSSR count). The van der Waals surface area contributed by atoms with Crippen LogP contribution in [0.25, 0.3) is 0 Å². The van der Waals surface area contributed by atoms with Gasteiger partial charge in [0.05, 0.1) is 8.49 Å². The molecule has 14 heavy (non-hydrogen) atoms. The van der Waals surface area contributed by atoms with Crippen LogP contribution in [0, 0.1) is 13.7 Å². The highest BCUT2D eigenvalue weighted by molar-refractivity contribution is 14.1. The lowest BCUT2D eigenvalue weighted by atomic mass is 10.1. The largest absolute Gasteiger partial charge is 0.282 e. The van der Waals surface area contributed by atoms with Gasteiger partial charge in [0.15, 0.2) is 0 Å². The number of alkyl halides is 1. The van der Waals surface area contributed by atoms with Gasteiger partial charge in [-0.3, -0.25) is 10.1 Å². The summed E-state index contributed by atoms with van der Waals surface area (Å²) in [6.07, 6.45) is 1.64. The van der Waals surface area contributed by atoms with E-state index in [1.54, 1.807) is 12.1 Å². The van der Waals surface area contributed by atoms with Crippen molar-refractivity contribution in [2.24, 2.45) is 0 Å². The summed E-state index contributed by atoms with van der Waals surface area (Å²) in [4.78, 5) is 10.3. The van der Waals surface area contributed by atoms with E-state index in [0.717, 1.165) is 18.4 Å². The lowest BCUT2D eigenvalue weighted by molar-refractivity contribution is -0.385. The van der Waals surface area contributed by atoms with Gasteiger partial charge in [0, 0.05) is 11.9 Å². The smallest absolute Gasteiger partial charge is 0.258 e. The van der Waals surface area contributed by atoms with Crippen molar-refractivity contribution in [1.82, 2.24) is 0 Å². The second-order valence-electron chi connectivity index (χ2n) is 2.84. The number of halogens is 2. The third kappa shape index (κ3) is 3.09. The summed E-state index contributed by atoms with van der Waals surface area (Å²) in [5.41, 5.74) is 1.15. The predicted molar refractivity (Wildman–Crippen MR) is 64.9 cm³/mol. The van der Waals surface area contributed by atoms with Gasteiger partial charge in [0.2, 0.25) is 0 Å². The van der Waals surface area contributed by atoms with E-state index in [1.807, 2.05) is 28.7 Å². The molecule has 0 amide bonds. The van der Waals surface area contributed by atoms with Crippen LogP contribution < -0.4 is 0 Å². The minimum absolute atomic E-state index is 0.178. The third-order valence-electron chi connectivity index (χ3n) is 1.81. The molecule has 0 saturated carbocycles. The van der Waals surface area contributed by atoms with Crippen molar-refractivity contribution < 1.29 is 4.92 Å². The lowest BCUT2D eigenvalue weighted by Crippen LogP contribution is -1.94. The van der Waals surface area contributed by atoms with Crippen LogP contribution in [-0.2, 0) is 6.42 Å². The topological polar surface area (TPSA) is 43.1 Å². The molecule has 0 unspecified atom stereocenters. The van der Waals surface area contributed by atoms with Crippen LogP contribution in [0.4, 0.5) is 5.69 Å². The Balaban J connectivity index is 2.89. The maximum Gasteiger partial charge on any atom is 0.282 e. The maximum absolute atomic E-state index is 10.6. The molecule has 1 aromatic rings. The van der Waals surface area contributed by atoms with Crippen LogP contribution in [-0.4, -0.2) is 10.8 Å². The molecular weight excluding hydrogens is 316 g/mol. The van der Waals surface area contributed by atoms with Gasteiger partial charge in [-0.05, 0) is 47.1 Å². The number of benzene rings is 1. The fourth-order valence-electron chi connectivity index (χ4n) is 1.12. The number of nitrogens with zero attached hydrogens (tertiary/aromatic N) is 1. The first-order valence-electron chi connectivity index (χ1n) is 4.14. The normalized spacial score (nSPS) is 10.1. The van der Waals surface area contributed by atoms with Crippen LogP contribution in [0.2, 0.25) is 0 Å². The molecule has 0 radical (unpaired) electrons. The highest BCUT2D eigenvalue weighted by Gasteiger charge is 2.11. The number of nitro benzene ring substituents is 1. The van der Waals surface area contributed by atoms with Gasteiger partial charge in [0.25, 0.3) is 5.69 Å². The quantitative estimate of drug-likeness (QED) is 0.369. The molecule has 0 aromatic heterocycles. The summed E-state index contributed by atoms with van der Waals surface area (Å²) >= 11 is 7.51. The van der Waals surface area contributed by atoms with Gasteiger partial charge in [-0.15, -0.1) is 11.6 Å². The van der Waals surface area contributed by atoms with Crippen molar-refractivity contribution >= 4 is 39.9 Å². The van der Waals surface area contributed by atoms with Crippen molar-refractivity contribution in [3.8, 4) is 0 Å². The molecule has 0 N–H and O–H groups in total. The van der Waals surface area contributed by atoms with E-state index in [-0.39, 0.29) is 10.6 Å². The fourth-order valence-corrected chi connectivity index (χ4v) is 1.79. The Hall–Kier alpha value is -0.360. The van der Waals surface area contributed by atoms with E-state index in [9.17, 15) is 10.1 Å². The molecule has 0 heterocycles. The van der Waals surface area contributed by atoms with Crippen LogP contribution >= 0.6 is 34.2 Å². The van der Waals surface area contributed by atoms with Crippen LogP contribution in [0.15, 0.2) is 18.2 Å². The van der Waals surface area contributed by atoms with Gasteiger partial charge in [-0.1, -0.05) is 6.07 Å². The van der Waals surface area contributed by atoms with Crippen molar-refractivity contribution in [3.63, 3.8) is 0 Å². The molecular formula is C9H9ClINO2. The average Bonchev–Trinajstić information content (AvgIpc) is 2.16. The molecule has 0 aliphatic heterocycles. The number of hydrogen-bond donors (Lipinski definition) is 0. The Morgan fingerprint density at radius 2 is 2.21 bits per heavy atom. The van der Waals surface area contributed by atoms with E-state index in [2.05, 4.69) is 0 Å². The molecule has 76 valence electrons. The SMILES string of the molecule is O=[N+]([O-])c1cc(CCCCl)ccc1I. The standard InChI is InChI=1S/C9H9ClINO2/c10-5-1-2-7-3-4-8(11)9(6-7)12(13)14/h3-4,6H,1-2,5H2. The van der Waals surface area contributed by atoms with E-state index < -0.39 is 0 Å². The minimum atomic E-state index is -0.355. The molecule has 5 heteroatoms. The summed E-state index contributed by atoms with van der Waals surface area (Å²) in [5.74, 6) is 0.583. The Labute approximate surface area is 101 Å². The van der Waals surface area contributed by atoms with E-state index in [0.29, 0.717) is 9.45 Å². The molecule has 0 bridgehead atoms. The van der Waals surface area contributed by atoms with Crippen LogP contribution in [0.1, 0.15) is 12.0 Å². The molecule has 0 fully saturated rings. The molecule has 0 spiro atoms. The minimum Gasteiger partial charge on any atom is -0.258 e. The molecule has 3 nitrogen and oxygen atoms in total. The van der Waals surface area contributed by atoms with E-state index in [4.69, 9.17) is 11.6 Å². The maximum atomic E-state index is 10.6. The van der Waals surface area contributed by atoms with E-state index in [1.165, 1.54) is 0 Å². The summed E-state index contributed by atoms with van der Waals surface area (Å²) in [7, 11) is 0. The zero-order chi connectivity index (χ0) is 10.6. The summed E-state index contributed by atoms with van der Waals surface area (Å²) in [6, 6.07) is 5.29. The monoisotopic (exact) mass is 325 g/mol. The zero-order valence-electron chi connectivity index (χ0n) is 7.37. The summed E-state index contributed by atoms with van der Waals surface area (Å²) in [5, 5.41) is 10.6. The van der Waals surface area contributed by atoms with Crippen molar-refractivity contribution in [2.45, 2.75) is 12.8 Å². The van der Waals surface area contributed by atoms with Crippen molar-refractivity contribution in [3.05, 3.63) is 37.4 Å². The van der Waals surface area contributed by atoms with Gasteiger partial charge in [-0.2, -0.15) is 0 Å². The third-order valence-corrected chi connectivity index (χ3v) is 2.99. The second kappa shape index (κ2) is 5.50. The first kappa shape index (κ1) is 11.7. The van der Waals surface area contributed by atoms with Crippen LogP contribution in [0.5, 0.6) is 0 Å². The van der Waals surface area contributed by atoms with Gasteiger partial charge < -0.3 is 0 Å². The fraction of sp³-hybridized carbons (Fsp3) is 0.333. The number of hydrogen-bond acceptors (Lipinski definition) is 2. The predicted octanol–water partition coefficient (Wildman–Crippen LogP) is 3.37. The summed E-state index contributed by atoms with van der Waals surface area (Å²) < 4.78 is 0.669. The van der Waals surface area contributed by atoms with E-state index >= 15 is 0 Å². The first-order chi connectivity index (χ1) is 6.65. The molecule has 0 atom stereocenters. The van der Waals surface area contributed by atoms with Gasteiger partial charge in [-0.25, -0.2) is 0 Å². The van der Waals surface area contributed by atoms with Gasteiger partial charge >= 0.3 is 0 Å². The Bertz CT molecular complexity index is 344. The first-order valence-corrected chi connectivity index (χ1v) is 5.75. The summed E-state index contributed by atoms with van der Waals surface area (Å²) in [6.45, 7) is 0. The zero-order valence-corrected chi connectivity index (χ0v) is 10.3. The molecule has 0 saturated heterocycles. The Morgan fingerprint density at radius 3 is 2.79 bits per heavy atom. The second-order valence-corrected chi connectivity index (χ2v) is 4.38.